The Labute approximate surface area is 139 Å². The van der Waals surface area contributed by atoms with E-state index in [9.17, 15) is 23.1 Å². The third-order valence-electron chi connectivity index (χ3n) is 3.91. The third-order valence-corrected chi connectivity index (χ3v) is 4.37. The van der Waals surface area contributed by atoms with Gasteiger partial charge in [0.1, 0.15) is 23.1 Å². The molecule has 0 saturated carbocycles. The standard InChI is InChI=1S/C15H10BBrF3NO2/c16-15(23)13-8(2-1-3-10(13)18)14(22)21(15)6-9-11(19)4-7(17)5-12(9)20/h1-5,23H,6,16H2. The SMILES string of the molecule is BC1(O)c2c(F)cccc2C(=O)N1Cc1c(F)cc(Br)cc1F. The van der Waals surface area contributed by atoms with Gasteiger partial charge >= 0.3 is 0 Å². The van der Waals surface area contributed by atoms with Crippen LogP contribution in [0.4, 0.5) is 13.2 Å². The number of aliphatic hydroxyl groups is 1. The molecule has 0 bridgehead atoms. The van der Waals surface area contributed by atoms with Crippen molar-refractivity contribution in [1.29, 1.82) is 0 Å². The summed E-state index contributed by atoms with van der Waals surface area (Å²) in [6.45, 7) is -0.523. The average molecular weight is 384 g/mol. The highest BCUT2D eigenvalue weighted by molar-refractivity contribution is 9.10. The molecular weight excluding hydrogens is 374 g/mol. The number of nitrogens with zero attached hydrogens (tertiary/aromatic N) is 1. The van der Waals surface area contributed by atoms with Gasteiger partial charge in [-0.3, -0.25) is 4.79 Å². The van der Waals surface area contributed by atoms with Gasteiger partial charge < -0.3 is 10.0 Å². The number of carbonyl (C=O) groups excluding carboxylic acids is 1. The van der Waals surface area contributed by atoms with Crippen molar-refractivity contribution in [1.82, 2.24) is 4.90 Å². The first-order valence-electron chi connectivity index (χ1n) is 6.70. The van der Waals surface area contributed by atoms with Gasteiger partial charge in [0.25, 0.3) is 5.91 Å². The van der Waals surface area contributed by atoms with E-state index in [0.29, 0.717) is 0 Å². The zero-order chi connectivity index (χ0) is 16.9. The molecule has 0 saturated heterocycles. The second-order valence-electron chi connectivity index (χ2n) is 5.42. The fourth-order valence-corrected chi connectivity index (χ4v) is 3.17. The van der Waals surface area contributed by atoms with Crippen molar-refractivity contribution in [2.24, 2.45) is 0 Å². The summed E-state index contributed by atoms with van der Waals surface area (Å²) in [5.74, 6) is -3.17. The van der Waals surface area contributed by atoms with E-state index < -0.39 is 35.5 Å². The van der Waals surface area contributed by atoms with Gasteiger partial charge in [-0.2, -0.15) is 0 Å². The smallest absolute Gasteiger partial charge is 0.256 e. The molecule has 1 unspecified atom stereocenters. The van der Waals surface area contributed by atoms with Crippen LogP contribution in [-0.4, -0.2) is 23.8 Å². The van der Waals surface area contributed by atoms with Crippen molar-refractivity contribution in [2.75, 3.05) is 0 Å². The minimum Gasteiger partial charge on any atom is -0.375 e. The molecule has 0 aliphatic carbocycles. The summed E-state index contributed by atoms with van der Waals surface area (Å²) in [5, 5.41) is 10.6. The molecule has 1 aliphatic heterocycles. The third kappa shape index (κ3) is 2.46. The molecule has 1 heterocycles. The van der Waals surface area contributed by atoms with Crippen LogP contribution in [-0.2, 0) is 12.2 Å². The Balaban J connectivity index is 2.06. The number of benzene rings is 2. The molecule has 8 heteroatoms. The average Bonchev–Trinajstić information content (AvgIpc) is 2.63. The van der Waals surface area contributed by atoms with Crippen molar-refractivity contribution in [2.45, 2.75) is 12.2 Å². The van der Waals surface area contributed by atoms with E-state index in [2.05, 4.69) is 15.9 Å². The van der Waals surface area contributed by atoms with Crippen molar-refractivity contribution >= 4 is 29.7 Å². The molecule has 0 spiro atoms. The van der Waals surface area contributed by atoms with Crippen LogP contribution < -0.4 is 0 Å². The van der Waals surface area contributed by atoms with E-state index in [1.807, 2.05) is 0 Å². The molecule has 3 rings (SSSR count). The Morgan fingerprint density at radius 3 is 2.35 bits per heavy atom. The maximum Gasteiger partial charge on any atom is 0.256 e. The van der Waals surface area contributed by atoms with Crippen LogP contribution in [0.3, 0.4) is 0 Å². The molecule has 2 aromatic carbocycles. The van der Waals surface area contributed by atoms with Gasteiger partial charge in [0.05, 0.1) is 6.54 Å². The molecule has 0 aromatic heterocycles. The lowest BCUT2D eigenvalue weighted by Crippen LogP contribution is -2.44. The van der Waals surface area contributed by atoms with Gasteiger partial charge in [-0.25, -0.2) is 13.2 Å². The first-order valence-corrected chi connectivity index (χ1v) is 7.49. The number of carbonyl (C=O) groups is 1. The van der Waals surface area contributed by atoms with E-state index in [1.54, 1.807) is 0 Å². The van der Waals surface area contributed by atoms with E-state index in [0.717, 1.165) is 23.1 Å². The van der Waals surface area contributed by atoms with E-state index in [1.165, 1.54) is 20.0 Å². The summed E-state index contributed by atoms with van der Waals surface area (Å²) in [6, 6.07) is 5.93. The van der Waals surface area contributed by atoms with Gasteiger partial charge in [-0.15, -0.1) is 0 Å². The van der Waals surface area contributed by atoms with Gasteiger partial charge in [-0.1, -0.05) is 22.0 Å². The number of hydrogen-bond acceptors (Lipinski definition) is 2. The molecule has 1 N–H and O–H groups in total. The van der Waals surface area contributed by atoms with Crippen LogP contribution >= 0.6 is 15.9 Å². The Morgan fingerprint density at radius 2 is 1.78 bits per heavy atom. The maximum atomic E-state index is 14.0. The Morgan fingerprint density at radius 1 is 1.17 bits per heavy atom. The Hall–Kier alpha value is -1.80. The lowest BCUT2D eigenvalue weighted by molar-refractivity contribution is -0.0225. The van der Waals surface area contributed by atoms with Gasteiger partial charge in [0.2, 0.25) is 0 Å². The van der Waals surface area contributed by atoms with Gasteiger partial charge in [0, 0.05) is 21.2 Å². The second kappa shape index (κ2) is 5.38. The largest absolute Gasteiger partial charge is 0.375 e. The molecular formula is C15H10BBrF3NO2. The summed E-state index contributed by atoms with van der Waals surface area (Å²) in [5.41, 5.74) is -2.59. The summed E-state index contributed by atoms with van der Waals surface area (Å²) in [6.07, 6.45) is 0. The maximum absolute atomic E-state index is 14.0. The minimum atomic E-state index is -2.00. The quantitative estimate of drug-likeness (QED) is 0.808. The number of fused-ring (bicyclic) bond motifs is 1. The Kier molecular flexibility index (Phi) is 3.76. The molecule has 1 aliphatic rings. The van der Waals surface area contributed by atoms with E-state index in [4.69, 9.17) is 0 Å². The van der Waals surface area contributed by atoms with Crippen molar-refractivity contribution in [3.63, 3.8) is 0 Å². The number of rotatable bonds is 2. The zero-order valence-corrected chi connectivity index (χ0v) is 13.5. The van der Waals surface area contributed by atoms with Crippen molar-refractivity contribution in [3.05, 3.63) is 68.9 Å². The monoisotopic (exact) mass is 383 g/mol. The lowest BCUT2D eigenvalue weighted by Gasteiger charge is -2.31. The normalized spacial score (nSPS) is 20.0. The van der Waals surface area contributed by atoms with Crippen LogP contribution in [0.5, 0.6) is 0 Å². The highest BCUT2D eigenvalue weighted by Crippen LogP contribution is 2.38. The summed E-state index contributed by atoms with van der Waals surface area (Å²) in [4.78, 5) is 13.2. The van der Waals surface area contributed by atoms with Crippen LogP contribution in [0.2, 0.25) is 0 Å². The fourth-order valence-electron chi connectivity index (χ4n) is 2.77. The zero-order valence-electron chi connectivity index (χ0n) is 11.9. The highest BCUT2D eigenvalue weighted by atomic mass is 79.9. The molecule has 118 valence electrons. The molecule has 1 atom stereocenters. The molecule has 23 heavy (non-hydrogen) atoms. The van der Waals surface area contributed by atoms with Crippen molar-refractivity contribution in [3.8, 4) is 0 Å². The van der Waals surface area contributed by atoms with Crippen molar-refractivity contribution < 1.29 is 23.1 Å². The van der Waals surface area contributed by atoms with E-state index in [-0.39, 0.29) is 21.2 Å². The lowest BCUT2D eigenvalue weighted by atomic mass is 9.83. The summed E-state index contributed by atoms with van der Waals surface area (Å²) < 4.78 is 42.2. The first-order chi connectivity index (χ1) is 10.7. The molecule has 0 radical (unpaired) electrons. The predicted octanol–water partition coefficient (Wildman–Crippen LogP) is 2.26. The Bertz CT molecular complexity index is 805. The molecule has 3 nitrogen and oxygen atoms in total. The molecule has 0 fully saturated rings. The highest BCUT2D eigenvalue weighted by Gasteiger charge is 2.47. The summed E-state index contributed by atoms with van der Waals surface area (Å²) in [7, 11) is 1.22. The topological polar surface area (TPSA) is 40.5 Å². The number of amides is 1. The molecule has 1 amide bonds. The predicted molar refractivity (Wildman–Crippen MR) is 82.8 cm³/mol. The fraction of sp³-hybridized carbons (Fsp3) is 0.133. The number of halogens is 4. The first kappa shape index (κ1) is 16.1. The van der Waals surface area contributed by atoms with Gasteiger partial charge in [0.15, 0.2) is 7.85 Å². The number of hydrogen-bond donors (Lipinski definition) is 1. The minimum absolute atomic E-state index is 0.0204. The van der Waals surface area contributed by atoms with Gasteiger partial charge in [-0.05, 0) is 24.3 Å². The van der Waals surface area contributed by atoms with E-state index >= 15 is 0 Å². The summed E-state index contributed by atoms with van der Waals surface area (Å²) >= 11 is 2.97. The molecule has 2 aromatic rings. The van der Waals surface area contributed by atoms with Crippen LogP contribution in [0.15, 0.2) is 34.8 Å². The van der Waals surface area contributed by atoms with Crippen LogP contribution in [0, 0.1) is 17.5 Å². The second-order valence-corrected chi connectivity index (χ2v) is 6.34. The van der Waals surface area contributed by atoms with Crippen LogP contribution in [0.25, 0.3) is 0 Å². The van der Waals surface area contributed by atoms with Crippen LogP contribution in [0.1, 0.15) is 21.5 Å².